The van der Waals surface area contributed by atoms with Crippen LogP contribution in [-0.4, -0.2) is 0 Å². The highest BCUT2D eigenvalue weighted by Crippen LogP contribution is 2.14. The summed E-state index contributed by atoms with van der Waals surface area (Å²) in [4.78, 5) is 0. The van der Waals surface area contributed by atoms with Crippen LogP contribution >= 0.6 is 12.6 Å². The predicted octanol–water partition coefficient (Wildman–Crippen LogP) is 3.83. The van der Waals surface area contributed by atoms with Gasteiger partial charge < -0.3 is 5.32 Å². The van der Waals surface area contributed by atoms with Gasteiger partial charge in [0.2, 0.25) is 0 Å². The molecular weight excluding hydrogens is 216 g/mol. The summed E-state index contributed by atoms with van der Waals surface area (Å²) < 4.78 is 0. The molecule has 0 aliphatic rings. The van der Waals surface area contributed by atoms with Crippen LogP contribution in [0.4, 0.5) is 11.4 Å². The second-order valence-corrected chi connectivity index (χ2v) is 3.16. The van der Waals surface area contributed by atoms with Crippen LogP contribution in [0.1, 0.15) is 0 Å². The standard InChI is InChI=1S/C12H11N.CHNS/c1-3-7-11(8-4-1)13-12-9-5-2-6-10-12;2-1-3/h1-10,13H;3H. The summed E-state index contributed by atoms with van der Waals surface area (Å²) in [5.41, 5.74) is 2.24. The van der Waals surface area contributed by atoms with E-state index >= 15 is 0 Å². The third-order valence-electron chi connectivity index (χ3n) is 1.84. The summed E-state index contributed by atoms with van der Waals surface area (Å²) in [7, 11) is 0. The molecule has 0 spiro atoms. The molecule has 80 valence electrons. The molecule has 2 rings (SSSR count). The van der Waals surface area contributed by atoms with E-state index in [1.165, 1.54) is 5.40 Å². The van der Waals surface area contributed by atoms with Crippen molar-refractivity contribution in [1.29, 1.82) is 5.26 Å². The molecule has 2 nitrogen and oxygen atoms in total. The van der Waals surface area contributed by atoms with Crippen molar-refractivity contribution >= 4 is 24.0 Å². The van der Waals surface area contributed by atoms with Crippen molar-refractivity contribution in [2.24, 2.45) is 0 Å². The number of nitriles is 1. The predicted molar refractivity (Wildman–Crippen MR) is 70.8 cm³/mol. The quantitative estimate of drug-likeness (QED) is 0.605. The zero-order valence-corrected chi connectivity index (χ0v) is 9.56. The summed E-state index contributed by atoms with van der Waals surface area (Å²) >= 11 is 3.09. The fourth-order valence-corrected chi connectivity index (χ4v) is 1.21. The third kappa shape index (κ3) is 4.54. The minimum atomic E-state index is 1.12. The Kier molecular flexibility index (Phi) is 5.61. The molecule has 2 aromatic carbocycles. The van der Waals surface area contributed by atoms with E-state index in [-0.39, 0.29) is 0 Å². The minimum absolute atomic E-state index is 1.12. The summed E-state index contributed by atoms with van der Waals surface area (Å²) in [6.45, 7) is 0. The Labute approximate surface area is 101 Å². The number of thiol groups is 1. The second-order valence-electron chi connectivity index (χ2n) is 2.96. The zero-order chi connectivity index (χ0) is 11.6. The molecule has 0 saturated carbocycles. The maximum atomic E-state index is 7.18. The van der Waals surface area contributed by atoms with Gasteiger partial charge in [0, 0.05) is 11.4 Å². The molecule has 0 saturated heterocycles. The second kappa shape index (κ2) is 7.38. The van der Waals surface area contributed by atoms with Gasteiger partial charge in [-0.1, -0.05) is 49.0 Å². The number of hydrogen-bond donors (Lipinski definition) is 2. The summed E-state index contributed by atoms with van der Waals surface area (Å²) in [5, 5.41) is 11.9. The molecule has 0 bridgehead atoms. The molecule has 2 aromatic rings. The first kappa shape index (κ1) is 12.2. The Morgan fingerprint density at radius 3 is 1.44 bits per heavy atom. The average Bonchev–Trinajstić information content (AvgIpc) is 2.33. The van der Waals surface area contributed by atoms with Crippen molar-refractivity contribution in [2.75, 3.05) is 5.32 Å². The number of rotatable bonds is 2. The van der Waals surface area contributed by atoms with E-state index in [2.05, 4.69) is 17.9 Å². The zero-order valence-electron chi connectivity index (χ0n) is 8.67. The normalized spacial score (nSPS) is 8.25. The van der Waals surface area contributed by atoms with Crippen LogP contribution in [0.25, 0.3) is 0 Å². The van der Waals surface area contributed by atoms with Crippen LogP contribution in [0.3, 0.4) is 0 Å². The van der Waals surface area contributed by atoms with Gasteiger partial charge in [-0.3, -0.25) is 0 Å². The molecule has 0 fully saturated rings. The first-order chi connectivity index (χ1) is 7.86. The number of hydrogen-bond acceptors (Lipinski definition) is 3. The third-order valence-corrected chi connectivity index (χ3v) is 1.84. The summed E-state index contributed by atoms with van der Waals surface area (Å²) in [6, 6.07) is 20.3. The Bertz CT molecular complexity index is 397. The van der Waals surface area contributed by atoms with Crippen LogP contribution in [0.5, 0.6) is 0 Å². The lowest BCUT2D eigenvalue weighted by molar-refractivity contribution is 1.55. The van der Waals surface area contributed by atoms with E-state index in [1.54, 1.807) is 0 Å². The Morgan fingerprint density at radius 1 is 0.812 bits per heavy atom. The monoisotopic (exact) mass is 228 g/mol. The molecule has 0 heterocycles. The number of nitrogens with zero attached hydrogens (tertiary/aromatic N) is 1. The van der Waals surface area contributed by atoms with Crippen molar-refractivity contribution in [3.05, 3.63) is 60.7 Å². The molecule has 0 amide bonds. The SMILES string of the molecule is N#CS.c1ccc(Nc2ccccc2)cc1. The number of benzene rings is 2. The van der Waals surface area contributed by atoms with Gasteiger partial charge >= 0.3 is 0 Å². The van der Waals surface area contributed by atoms with E-state index in [0.717, 1.165) is 11.4 Å². The van der Waals surface area contributed by atoms with Crippen molar-refractivity contribution in [3.63, 3.8) is 0 Å². The van der Waals surface area contributed by atoms with Crippen LogP contribution in [-0.2, 0) is 0 Å². The number of nitrogens with one attached hydrogen (secondary N) is 1. The lowest BCUT2D eigenvalue weighted by Gasteiger charge is -2.04. The molecule has 0 aliphatic carbocycles. The van der Waals surface area contributed by atoms with Crippen molar-refractivity contribution in [1.82, 2.24) is 0 Å². The smallest absolute Gasteiger partial charge is 0.130 e. The topological polar surface area (TPSA) is 35.8 Å². The van der Waals surface area contributed by atoms with Gasteiger partial charge in [-0.25, -0.2) is 0 Å². The molecular formula is C13H12N2S. The molecule has 0 radical (unpaired) electrons. The van der Waals surface area contributed by atoms with Crippen molar-refractivity contribution in [2.45, 2.75) is 0 Å². The summed E-state index contributed by atoms with van der Waals surface area (Å²) in [5.74, 6) is 0. The molecule has 0 aromatic heterocycles. The first-order valence-electron chi connectivity index (χ1n) is 4.77. The Balaban J connectivity index is 0.000000386. The highest BCUT2D eigenvalue weighted by molar-refractivity contribution is 7.85. The minimum Gasteiger partial charge on any atom is -0.356 e. The molecule has 1 N–H and O–H groups in total. The summed E-state index contributed by atoms with van der Waals surface area (Å²) in [6.07, 6.45) is 0. The van der Waals surface area contributed by atoms with Gasteiger partial charge in [-0.15, -0.1) is 0 Å². The van der Waals surface area contributed by atoms with Crippen LogP contribution in [0, 0.1) is 10.7 Å². The lowest BCUT2D eigenvalue weighted by Crippen LogP contribution is -1.87. The van der Waals surface area contributed by atoms with Crippen LogP contribution < -0.4 is 5.32 Å². The lowest BCUT2D eigenvalue weighted by atomic mass is 10.3. The van der Waals surface area contributed by atoms with E-state index < -0.39 is 0 Å². The fourth-order valence-electron chi connectivity index (χ4n) is 1.21. The first-order valence-corrected chi connectivity index (χ1v) is 5.22. The average molecular weight is 228 g/mol. The Hall–Kier alpha value is -1.92. The van der Waals surface area contributed by atoms with E-state index in [1.807, 2.05) is 60.7 Å². The van der Waals surface area contributed by atoms with Crippen LogP contribution in [0.15, 0.2) is 60.7 Å². The number of anilines is 2. The maximum absolute atomic E-state index is 7.18. The van der Waals surface area contributed by atoms with E-state index in [0.29, 0.717) is 0 Å². The molecule has 0 atom stereocenters. The maximum Gasteiger partial charge on any atom is 0.130 e. The van der Waals surface area contributed by atoms with Gasteiger partial charge in [0.25, 0.3) is 0 Å². The van der Waals surface area contributed by atoms with E-state index in [9.17, 15) is 0 Å². The number of para-hydroxylation sites is 2. The van der Waals surface area contributed by atoms with E-state index in [4.69, 9.17) is 5.26 Å². The van der Waals surface area contributed by atoms with Crippen molar-refractivity contribution in [3.8, 4) is 5.40 Å². The molecule has 0 aliphatic heterocycles. The van der Waals surface area contributed by atoms with Gasteiger partial charge in [-0.05, 0) is 24.3 Å². The van der Waals surface area contributed by atoms with Crippen LogP contribution in [0.2, 0.25) is 0 Å². The van der Waals surface area contributed by atoms with Crippen molar-refractivity contribution < 1.29 is 0 Å². The molecule has 16 heavy (non-hydrogen) atoms. The number of thiocyanates is 1. The van der Waals surface area contributed by atoms with Gasteiger partial charge in [-0.2, -0.15) is 5.26 Å². The fraction of sp³-hybridized carbons (Fsp3) is 0. The highest BCUT2D eigenvalue weighted by Gasteiger charge is 1.89. The Morgan fingerprint density at radius 2 is 1.12 bits per heavy atom. The van der Waals surface area contributed by atoms with Gasteiger partial charge in [0.15, 0.2) is 0 Å². The van der Waals surface area contributed by atoms with Gasteiger partial charge in [0.1, 0.15) is 5.40 Å². The molecule has 3 heteroatoms. The highest BCUT2D eigenvalue weighted by atomic mass is 32.1. The molecule has 0 unspecified atom stereocenters. The largest absolute Gasteiger partial charge is 0.356 e. The van der Waals surface area contributed by atoms with Gasteiger partial charge in [0.05, 0.1) is 0 Å².